The van der Waals surface area contributed by atoms with E-state index in [9.17, 15) is 4.79 Å². The molecule has 36 heavy (non-hydrogen) atoms. The smallest absolute Gasteiger partial charge is 0.253 e. The van der Waals surface area contributed by atoms with Crippen LogP contribution in [0, 0.1) is 0 Å². The quantitative estimate of drug-likeness (QED) is 0.291. The van der Waals surface area contributed by atoms with E-state index < -0.39 is 0 Å². The van der Waals surface area contributed by atoms with Crippen molar-refractivity contribution in [2.24, 2.45) is 4.99 Å². The molecule has 0 saturated carbocycles. The van der Waals surface area contributed by atoms with Gasteiger partial charge in [0.1, 0.15) is 6.61 Å². The lowest BCUT2D eigenvalue weighted by atomic mass is 10.1. The molecule has 1 aliphatic rings. The second kappa shape index (κ2) is 12.9. The maximum absolute atomic E-state index is 12.7. The first-order valence-electron chi connectivity index (χ1n) is 13.0. The molecule has 1 amide bonds. The van der Waals surface area contributed by atoms with Crippen LogP contribution >= 0.6 is 0 Å². The van der Waals surface area contributed by atoms with Crippen LogP contribution < -0.4 is 9.47 Å². The number of unbranched alkanes of at least 4 members (excludes halogenated alkanes) is 1. The molecule has 3 aromatic rings. The van der Waals surface area contributed by atoms with E-state index in [1.807, 2.05) is 53.6 Å². The highest BCUT2D eigenvalue weighted by Gasteiger charge is 2.18. The summed E-state index contributed by atoms with van der Waals surface area (Å²) in [6.07, 6.45) is 8.76. The summed E-state index contributed by atoms with van der Waals surface area (Å²) in [5.41, 5.74) is 4.95. The number of methoxy groups -OCH3 is 1. The van der Waals surface area contributed by atoms with Crippen molar-refractivity contribution in [3.8, 4) is 11.5 Å². The number of piperidine rings is 1. The molecule has 4 rings (SSSR count). The third kappa shape index (κ3) is 6.97. The molecule has 1 fully saturated rings. The zero-order valence-electron chi connectivity index (χ0n) is 21.4. The number of carbonyl (C=O) groups excluding carboxylic acids is 1. The van der Waals surface area contributed by atoms with Crippen molar-refractivity contribution in [3.63, 3.8) is 0 Å². The largest absolute Gasteiger partial charge is 0.493 e. The molecule has 0 unspecified atom stereocenters. The van der Waals surface area contributed by atoms with Gasteiger partial charge < -0.3 is 14.4 Å². The summed E-state index contributed by atoms with van der Waals surface area (Å²) in [6, 6.07) is 21.9. The van der Waals surface area contributed by atoms with Crippen molar-refractivity contribution < 1.29 is 14.3 Å². The Morgan fingerprint density at radius 2 is 1.64 bits per heavy atom. The zero-order chi connectivity index (χ0) is 25.2. The highest BCUT2D eigenvalue weighted by Crippen LogP contribution is 2.29. The molecule has 3 aromatic carbocycles. The van der Waals surface area contributed by atoms with Gasteiger partial charge in [-0.2, -0.15) is 0 Å². The highest BCUT2D eigenvalue weighted by atomic mass is 16.5. The van der Waals surface area contributed by atoms with E-state index in [4.69, 9.17) is 9.47 Å². The van der Waals surface area contributed by atoms with E-state index in [2.05, 4.69) is 36.2 Å². The Balaban J connectivity index is 1.34. The second-order valence-electron chi connectivity index (χ2n) is 9.28. The second-order valence-corrected chi connectivity index (χ2v) is 9.28. The third-order valence-corrected chi connectivity index (χ3v) is 6.54. The average molecular weight is 485 g/mol. The lowest BCUT2D eigenvalue weighted by Crippen LogP contribution is -2.35. The molecule has 0 aromatic heterocycles. The highest BCUT2D eigenvalue weighted by molar-refractivity contribution is 5.94. The molecule has 0 spiro atoms. The fourth-order valence-corrected chi connectivity index (χ4v) is 4.35. The van der Waals surface area contributed by atoms with Crippen LogP contribution in [0.2, 0.25) is 0 Å². The Labute approximate surface area is 214 Å². The predicted molar refractivity (Wildman–Crippen MR) is 146 cm³/mol. The van der Waals surface area contributed by atoms with Crippen LogP contribution in [-0.4, -0.2) is 37.2 Å². The van der Waals surface area contributed by atoms with Crippen LogP contribution in [0.4, 0.5) is 5.69 Å². The SMILES string of the molecule is CCCCc1ccc(N=Cc2ccc(OCc3ccc(C(=O)N4CCCCC4)cc3)c(OC)c2)cc1. The van der Waals surface area contributed by atoms with Gasteiger partial charge in [0.2, 0.25) is 0 Å². The summed E-state index contributed by atoms with van der Waals surface area (Å²) in [4.78, 5) is 19.2. The summed E-state index contributed by atoms with van der Waals surface area (Å²) in [7, 11) is 1.64. The molecule has 188 valence electrons. The monoisotopic (exact) mass is 484 g/mol. The molecule has 1 aliphatic heterocycles. The van der Waals surface area contributed by atoms with Crippen LogP contribution in [0.15, 0.2) is 71.7 Å². The van der Waals surface area contributed by atoms with Gasteiger partial charge in [-0.15, -0.1) is 0 Å². The van der Waals surface area contributed by atoms with Gasteiger partial charge in [0.15, 0.2) is 11.5 Å². The fourth-order valence-electron chi connectivity index (χ4n) is 4.35. The lowest BCUT2D eigenvalue weighted by Gasteiger charge is -2.26. The normalized spacial score (nSPS) is 13.7. The molecule has 0 atom stereocenters. The molecular formula is C31H36N2O3. The van der Waals surface area contributed by atoms with Crippen LogP contribution in [0.25, 0.3) is 0 Å². The molecule has 5 nitrogen and oxygen atoms in total. The van der Waals surface area contributed by atoms with E-state index >= 15 is 0 Å². The van der Waals surface area contributed by atoms with Crippen LogP contribution in [0.5, 0.6) is 11.5 Å². The van der Waals surface area contributed by atoms with Gasteiger partial charge in [-0.05, 0) is 91.3 Å². The Morgan fingerprint density at radius 3 is 2.33 bits per heavy atom. The summed E-state index contributed by atoms with van der Waals surface area (Å²) < 4.78 is 11.6. The molecule has 0 aliphatic carbocycles. The molecular weight excluding hydrogens is 448 g/mol. The minimum atomic E-state index is 0.119. The molecule has 1 saturated heterocycles. The van der Waals surface area contributed by atoms with Gasteiger partial charge in [-0.25, -0.2) is 0 Å². The van der Waals surface area contributed by atoms with Gasteiger partial charge in [0.05, 0.1) is 12.8 Å². The van der Waals surface area contributed by atoms with Crippen LogP contribution in [-0.2, 0) is 13.0 Å². The topological polar surface area (TPSA) is 51.1 Å². The number of rotatable bonds is 10. The number of nitrogens with zero attached hydrogens (tertiary/aromatic N) is 2. The van der Waals surface area contributed by atoms with E-state index in [-0.39, 0.29) is 5.91 Å². The third-order valence-electron chi connectivity index (χ3n) is 6.54. The van der Waals surface area contributed by atoms with Crippen molar-refractivity contribution in [3.05, 3.63) is 89.0 Å². The first-order valence-corrected chi connectivity index (χ1v) is 13.0. The van der Waals surface area contributed by atoms with Gasteiger partial charge in [0, 0.05) is 24.9 Å². The minimum Gasteiger partial charge on any atom is -0.493 e. The molecule has 5 heteroatoms. The number of ether oxygens (including phenoxy) is 2. The lowest BCUT2D eigenvalue weighted by molar-refractivity contribution is 0.0724. The molecule has 0 N–H and O–H groups in total. The van der Waals surface area contributed by atoms with Crippen molar-refractivity contribution in [2.45, 2.75) is 52.1 Å². The molecule has 0 bridgehead atoms. The van der Waals surface area contributed by atoms with Crippen molar-refractivity contribution in [1.29, 1.82) is 0 Å². The minimum absolute atomic E-state index is 0.119. The van der Waals surface area contributed by atoms with E-state index in [0.717, 1.165) is 54.7 Å². The van der Waals surface area contributed by atoms with Gasteiger partial charge in [0.25, 0.3) is 5.91 Å². The summed E-state index contributed by atoms with van der Waals surface area (Å²) >= 11 is 0. The number of benzene rings is 3. The van der Waals surface area contributed by atoms with Crippen molar-refractivity contribution in [1.82, 2.24) is 4.90 Å². The van der Waals surface area contributed by atoms with E-state index in [0.29, 0.717) is 18.1 Å². The Hall–Kier alpha value is -3.60. The van der Waals surface area contributed by atoms with Gasteiger partial charge >= 0.3 is 0 Å². The first-order chi connectivity index (χ1) is 17.7. The Morgan fingerprint density at radius 1 is 0.917 bits per heavy atom. The maximum Gasteiger partial charge on any atom is 0.253 e. The summed E-state index contributed by atoms with van der Waals surface area (Å²) in [5, 5.41) is 0. The zero-order valence-corrected chi connectivity index (χ0v) is 21.4. The number of aliphatic imine (C=N–C) groups is 1. The number of carbonyl (C=O) groups is 1. The van der Waals surface area contributed by atoms with Crippen LogP contribution in [0.3, 0.4) is 0 Å². The predicted octanol–water partition coefficient (Wildman–Crippen LogP) is 6.99. The molecule has 1 heterocycles. The number of likely N-dealkylation sites (tertiary alicyclic amines) is 1. The number of hydrogen-bond acceptors (Lipinski definition) is 4. The number of hydrogen-bond donors (Lipinski definition) is 0. The summed E-state index contributed by atoms with van der Waals surface area (Å²) in [5.74, 6) is 1.45. The average Bonchev–Trinajstić information content (AvgIpc) is 2.95. The maximum atomic E-state index is 12.7. The first kappa shape index (κ1) is 25.5. The van der Waals surface area contributed by atoms with Crippen molar-refractivity contribution >= 4 is 17.8 Å². The molecule has 0 radical (unpaired) electrons. The van der Waals surface area contributed by atoms with Crippen molar-refractivity contribution in [2.75, 3.05) is 20.2 Å². The Bertz CT molecular complexity index is 1150. The van der Waals surface area contributed by atoms with E-state index in [1.54, 1.807) is 7.11 Å². The number of aryl methyl sites for hydroxylation is 1. The Kier molecular flexibility index (Phi) is 9.15. The van der Waals surface area contributed by atoms with Crippen LogP contribution in [0.1, 0.15) is 66.1 Å². The standard InChI is InChI=1S/C31H36N2O3/c1-3-4-8-24-11-16-28(17-12-24)32-22-26-13-18-29(30(21-26)35-2)36-23-25-9-14-27(15-10-25)31(34)33-19-6-5-7-20-33/h9-18,21-22H,3-8,19-20,23H2,1-2H3. The van der Waals surface area contributed by atoms with E-state index in [1.165, 1.54) is 24.8 Å². The van der Waals surface area contributed by atoms with Gasteiger partial charge in [-0.1, -0.05) is 37.6 Å². The number of amides is 1. The summed E-state index contributed by atoms with van der Waals surface area (Å²) in [6.45, 7) is 4.32. The van der Waals surface area contributed by atoms with Gasteiger partial charge in [-0.3, -0.25) is 9.79 Å². The fraction of sp³-hybridized carbons (Fsp3) is 0.355.